The number of anilines is 2. The van der Waals surface area contributed by atoms with Gasteiger partial charge in [0.2, 0.25) is 0 Å². The Hall–Kier alpha value is -3.53. The summed E-state index contributed by atoms with van der Waals surface area (Å²) in [5, 5.41) is 10.5. The summed E-state index contributed by atoms with van der Waals surface area (Å²) in [5.74, 6) is -0.298. The van der Waals surface area contributed by atoms with Crippen LogP contribution in [0.25, 0.3) is 0 Å². The van der Waals surface area contributed by atoms with Crippen molar-refractivity contribution in [2.24, 2.45) is 0 Å². The second kappa shape index (κ2) is 9.95. The molecule has 0 aliphatic carbocycles. The van der Waals surface area contributed by atoms with Crippen LogP contribution in [0.15, 0.2) is 60.8 Å². The highest BCUT2D eigenvalue weighted by molar-refractivity contribution is 7.80. The van der Waals surface area contributed by atoms with Crippen molar-refractivity contribution >= 4 is 34.7 Å². The van der Waals surface area contributed by atoms with Crippen molar-refractivity contribution in [3.05, 3.63) is 77.5 Å². The van der Waals surface area contributed by atoms with Crippen LogP contribution in [0.1, 0.15) is 46.9 Å². The molecule has 33 heavy (non-hydrogen) atoms. The first-order valence-corrected chi connectivity index (χ1v) is 11.0. The normalized spacial score (nSPS) is 17.1. The van der Waals surface area contributed by atoms with E-state index < -0.39 is 18.4 Å². The smallest absolute Gasteiger partial charge is 0.275 e. The van der Waals surface area contributed by atoms with E-state index in [9.17, 15) is 13.6 Å². The van der Waals surface area contributed by atoms with Gasteiger partial charge in [-0.3, -0.25) is 15.6 Å². The summed E-state index contributed by atoms with van der Waals surface area (Å²) in [6.07, 6.45) is -0.368. The third-order valence-corrected chi connectivity index (χ3v) is 5.78. The Kier molecular flexibility index (Phi) is 6.83. The summed E-state index contributed by atoms with van der Waals surface area (Å²) in [6, 6.07) is 15.5. The summed E-state index contributed by atoms with van der Waals surface area (Å²) >= 11 is 5.28. The number of hydrazine groups is 1. The van der Waals surface area contributed by atoms with Crippen molar-refractivity contribution in [3.8, 4) is 0 Å². The van der Waals surface area contributed by atoms with Gasteiger partial charge in [0.05, 0.1) is 12.2 Å². The van der Waals surface area contributed by atoms with E-state index in [1.54, 1.807) is 0 Å². The SMILES string of the molecule is CCc1ccccc1NC(=S)NNC(=O)c1cnn2c1N[C@@H](c1ccccc1)C[C@H]2C(F)F. The van der Waals surface area contributed by atoms with Crippen LogP contribution in [-0.2, 0) is 6.42 Å². The van der Waals surface area contributed by atoms with E-state index in [0.717, 1.165) is 23.2 Å². The number of nitrogens with zero attached hydrogens (tertiary/aromatic N) is 2. The van der Waals surface area contributed by atoms with Gasteiger partial charge in [0.1, 0.15) is 17.4 Å². The molecule has 172 valence electrons. The Bertz CT molecular complexity index is 1140. The van der Waals surface area contributed by atoms with Gasteiger partial charge in [0.15, 0.2) is 5.11 Å². The van der Waals surface area contributed by atoms with Gasteiger partial charge in [-0.05, 0) is 42.3 Å². The number of carbonyl (C=O) groups is 1. The second-order valence-corrected chi connectivity index (χ2v) is 8.05. The number of fused-ring (bicyclic) bond motifs is 1. The number of nitrogens with one attached hydrogen (secondary N) is 4. The molecule has 1 amide bonds. The van der Waals surface area contributed by atoms with E-state index in [0.29, 0.717) is 0 Å². The molecule has 3 aromatic rings. The first-order valence-electron chi connectivity index (χ1n) is 10.6. The van der Waals surface area contributed by atoms with Gasteiger partial charge >= 0.3 is 0 Å². The number of aromatic nitrogens is 2. The van der Waals surface area contributed by atoms with Crippen molar-refractivity contribution in [1.82, 2.24) is 20.6 Å². The molecule has 2 heterocycles. The Balaban J connectivity index is 1.48. The fraction of sp³-hybridized carbons (Fsp3) is 0.261. The Morgan fingerprint density at radius 3 is 2.64 bits per heavy atom. The number of alkyl halides is 2. The molecule has 0 radical (unpaired) electrons. The molecule has 0 spiro atoms. The van der Waals surface area contributed by atoms with E-state index in [2.05, 4.69) is 26.6 Å². The maximum absolute atomic E-state index is 13.8. The largest absolute Gasteiger partial charge is 0.363 e. The highest BCUT2D eigenvalue weighted by atomic mass is 32.1. The predicted octanol–water partition coefficient (Wildman–Crippen LogP) is 4.44. The lowest BCUT2D eigenvalue weighted by Gasteiger charge is -2.32. The van der Waals surface area contributed by atoms with Crippen LogP contribution in [0, 0.1) is 0 Å². The Morgan fingerprint density at radius 2 is 1.91 bits per heavy atom. The first kappa shape index (κ1) is 22.7. The third kappa shape index (κ3) is 4.95. The van der Waals surface area contributed by atoms with Crippen LogP contribution < -0.4 is 21.5 Å². The molecule has 0 saturated heterocycles. The molecule has 2 atom stereocenters. The van der Waals surface area contributed by atoms with Gasteiger partial charge in [-0.2, -0.15) is 5.10 Å². The minimum atomic E-state index is -2.62. The molecular weight excluding hydrogens is 446 g/mol. The van der Waals surface area contributed by atoms with Crippen LogP contribution in [0.5, 0.6) is 0 Å². The van der Waals surface area contributed by atoms with Crippen LogP contribution in [0.4, 0.5) is 20.3 Å². The average Bonchev–Trinajstić information content (AvgIpc) is 3.27. The number of amides is 1. The molecule has 4 N–H and O–H groups in total. The second-order valence-electron chi connectivity index (χ2n) is 7.64. The fourth-order valence-electron chi connectivity index (χ4n) is 3.89. The van der Waals surface area contributed by atoms with E-state index in [1.165, 1.54) is 10.9 Å². The minimum Gasteiger partial charge on any atom is -0.363 e. The predicted molar refractivity (Wildman–Crippen MR) is 127 cm³/mol. The van der Waals surface area contributed by atoms with Gasteiger partial charge < -0.3 is 10.6 Å². The lowest BCUT2D eigenvalue weighted by Crippen LogP contribution is -2.44. The molecule has 1 aliphatic rings. The highest BCUT2D eigenvalue weighted by Crippen LogP contribution is 2.39. The molecule has 0 bridgehead atoms. The summed E-state index contributed by atoms with van der Waals surface area (Å²) in [5.41, 5.74) is 8.10. The number of benzene rings is 2. The summed E-state index contributed by atoms with van der Waals surface area (Å²) in [6.45, 7) is 2.03. The van der Waals surface area contributed by atoms with Crippen molar-refractivity contribution in [1.29, 1.82) is 0 Å². The third-order valence-electron chi connectivity index (χ3n) is 5.57. The van der Waals surface area contributed by atoms with E-state index in [-0.39, 0.29) is 29.0 Å². The first-order chi connectivity index (χ1) is 16.0. The van der Waals surface area contributed by atoms with E-state index in [4.69, 9.17) is 12.2 Å². The van der Waals surface area contributed by atoms with Crippen LogP contribution >= 0.6 is 12.2 Å². The molecule has 1 aromatic heterocycles. The summed E-state index contributed by atoms with van der Waals surface area (Å²) in [4.78, 5) is 12.8. The molecular formula is C23H24F2N6OS. The zero-order valence-corrected chi connectivity index (χ0v) is 18.7. The van der Waals surface area contributed by atoms with Crippen molar-refractivity contribution in [2.45, 2.75) is 38.3 Å². The molecule has 1 aliphatic heterocycles. The molecule has 10 heteroatoms. The molecule has 2 aromatic carbocycles. The number of rotatable bonds is 5. The van der Waals surface area contributed by atoms with Crippen molar-refractivity contribution < 1.29 is 13.6 Å². The zero-order chi connectivity index (χ0) is 23.4. The number of para-hydroxylation sites is 1. The molecule has 0 saturated carbocycles. The molecule has 0 unspecified atom stereocenters. The standard InChI is InChI=1S/C23H24F2N6OS/c1-2-14-8-6-7-11-17(14)28-23(33)30-29-22(32)16-13-26-31-19(20(24)25)12-18(27-21(16)31)15-9-4-3-5-10-15/h3-11,13,18-20,27H,2,12H2,1H3,(H,29,32)(H2,28,30,33)/t18-,19+/m1/s1. The Labute approximate surface area is 195 Å². The summed E-state index contributed by atoms with van der Waals surface area (Å²) in [7, 11) is 0. The fourth-order valence-corrected chi connectivity index (χ4v) is 4.05. The van der Waals surface area contributed by atoms with E-state index >= 15 is 0 Å². The highest BCUT2D eigenvalue weighted by Gasteiger charge is 2.36. The maximum atomic E-state index is 13.8. The van der Waals surface area contributed by atoms with Crippen LogP contribution in [0.2, 0.25) is 0 Å². The monoisotopic (exact) mass is 470 g/mol. The average molecular weight is 471 g/mol. The number of aryl methyl sites for hydroxylation is 1. The number of hydrogen-bond acceptors (Lipinski definition) is 4. The van der Waals surface area contributed by atoms with Gasteiger partial charge in [0.25, 0.3) is 12.3 Å². The van der Waals surface area contributed by atoms with Gasteiger partial charge in [-0.1, -0.05) is 55.5 Å². The number of halogens is 2. The van der Waals surface area contributed by atoms with Crippen LogP contribution in [0.3, 0.4) is 0 Å². The van der Waals surface area contributed by atoms with Crippen molar-refractivity contribution in [3.63, 3.8) is 0 Å². The lowest BCUT2D eigenvalue weighted by molar-refractivity contribution is 0.0656. The molecule has 0 fully saturated rings. The van der Waals surface area contributed by atoms with Gasteiger partial charge in [0, 0.05) is 5.69 Å². The quantitative estimate of drug-likeness (QED) is 0.326. The van der Waals surface area contributed by atoms with Gasteiger partial charge in [-0.15, -0.1) is 0 Å². The lowest BCUT2D eigenvalue weighted by atomic mass is 9.97. The maximum Gasteiger partial charge on any atom is 0.275 e. The molecule has 4 rings (SSSR count). The molecule has 7 nitrogen and oxygen atoms in total. The minimum absolute atomic E-state index is 0.144. The van der Waals surface area contributed by atoms with Crippen LogP contribution in [-0.4, -0.2) is 27.2 Å². The Morgan fingerprint density at radius 1 is 1.18 bits per heavy atom. The topological polar surface area (TPSA) is 83.0 Å². The number of thiocarbonyl (C=S) groups is 1. The number of hydrogen-bond donors (Lipinski definition) is 4. The van der Waals surface area contributed by atoms with Gasteiger partial charge in [-0.25, -0.2) is 13.5 Å². The summed E-state index contributed by atoms with van der Waals surface area (Å²) < 4.78 is 28.8. The zero-order valence-electron chi connectivity index (χ0n) is 17.9. The van der Waals surface area contributed by atoms with E-state index in [1.807, 2.05) is 61.5 Å². The number of carbonyl (C=O) groups excluding carboxylic acids is 1. The van der Waals surface area contributed by atoms with Crippen molar-refractivity contribution in [2.75, 3.05) is 10.6 Å².